The number of hydrogen-bond donors (Lipinski definition) is 1. The van der Waals surface area contributed by atoms with Gasteiger partial charge in [0.25, 0.3) is 0 Å². The molecule has 0 fully saturated rings. The Labute approximate surface area is 127 Å². The van der Waals surface area contributed by atoms with Gasteiger partial charge in [0.2, 0.25) is 0 Å². The van der Waals surface area contributed by atoms with Gasteiger partial charge >= 0.3 is 0 Å². The van der Waals surface area contributed by atoms with Crippen LogP contribution in [0.5, 0.6) is 0 Å². The highest BCUT2D eigenvalue weighted by molar-refractivity contribution is 5.34. The Morgan fingerprint density at radius 2 is 1.90 bits per heavy atom. The summed E-state index contributed by atoms with van der Waals surface area (Å²) in [6, 6.07) is 9.28. The second-order valence-corrected chi connectivity index (χ2v) is 5.81. The molecule has 0 spiro atoms. The van der Waals surface area contributed by atoms with Crippen molar-refractivity contribution in [1.82, 2.24) is 25.0 Å². The SMILES string of the molecule is C[C@@H](CCN(C)C)N[C@H](C)c1ccc(-n2cncn2)cc1. The van der Waals surface area contributed by atoms with Crippen LogP contribution < -0.4 is 5.32 Å². The largest absolute Gasteiger partial charge is 0.309 e. The summed E-state index contributed by atoms with van der Waals surface area (Å²) in [6.07, 6.45) is 4.40. The maximum absolute atomic E-state index is 4.14. The van der Waals surface area contributed by atoms with Gasteiger partial charge in [0.15, 0.2) is 0 Å². The van der Waals surface area contributed by atoms with E-state index in [4.69, 9.17) is 0 Å². The van der Waals surface area contributed by atoms with Crippen molar-refractivity contribution in [2.75, 3.05) is 20.6 Å². The third-order valence-electron chi connectivity index (χ3n) is 3.62. The Morgan fingerprint density at radius 1 is 1.19 bits per heavy atom. The maximum Gasteiger partial charge on any atom is 0.138 e. The summed E-state index contributed by atoms with van der Waals surface area (Å²) in [6.45, 7) is 5.55. The minimum atomic E-state index is 0.340. The Kier molecular flexibility index (Phi) is 5.47. The first-order valence-electron chi connectivity index (χ1n) is 7.42. The molecular formula is C16H25N5. The molecule has 0 bridgehead atoms. The lowest BCUT2D eigenvalue weighted by Crippen LogP contribution is -2.31. The van der Waals surface area contributed by atoms with Gasteiger partial charge in [-0.05, 0) is 58.6 Å². The average Bonchev–Trinajstić information content (AvgIpc) is 2.99. The van der Waals surface area contributed by atoms with E-state index in [1.165, 1.54) is 5.56 Å². The third-order valence-corrected chi connectivity index (χ3v) is 3.62. The van der Waals surface area contributed by atoms with Crippen LogP contribution >= 0.6 is 0 Å². The van der Waals surface area contributed by atoms with Crippen LogP contribution in [0.3, 0.4) is 0 Å². The zero-order valence-corrected chi connectivity index (χ0v) is 13.3. The molecular weight excluding hydrogens is 262 g/mol. The standard InChI is InChI=1S/C16H25N5/c1-13(9-10-20(3)4)19-14(2)15-5-7-16(8-6-15)21-12-17-11-18-21/h5-8,11-14,19H,9-10H2,1-4H3/t13-,14+/m0/s1. The molecule has 2 atom stereocenters. The number of rotatable bonds is 7. The van der Waals surface area contributed by atoms with Gasteiger partial charge < -0.3 is 10.2 Å². The summed E-state index contributed by atoms with van der Waals surface area (Å²) < 4.78 is 1.77. The molecule has 21 heavy (non-hydrogen) atoms. The molecule has 1 aromatic heterocycles. The zero-order chi connectivity index (χ0) is 15.2. The molecule has 0 saturated heterocycles. The highest BCUT2D eigenvalue weighted by Gasteiger charge is 2.10. The first kappa shape index (κ1) is 15.7. The summed E-state index contributed by atoms with van der Waals surface area (Å²) in [7, 11) is 4.22. The number of benzene rings is 1. The predicted octanol–water partition coefficient (Wildman–Crippen LogP) is 2.26. The monoisotopic (exact) mass is 287 g/mol. The van der Waals surface area contributed by atoms with Crippen LogP contribution in [0, 0.1) is 0 Å². The van der Waals surface area contributed by atoms with E-state index in [9.17, 15) is 0 Å². The van der Waals surface area contributed by atoms with E-state index in [0.717, 1.165) is 18.7 Å². The number of nitrogens with zero attached hydrogens (tertiary/aromatic N) is 4. The van der Waals surface area contributed by atoms with E-state index in [2.05, 4.69) is 72.5 Å². The molecule has 0 aliphatic carbocycles. The first-order valence-corrected chi connectivity index (χ1v) is 7.42. The molecule has 1 heterocycles. The van der Waals surface area contributed by atoms with Crippen molar-refractivity contribution in [3.63, 3.8) is 0 Å². The molecule has 114 valence electrons. The summed E-state index contributed by atoms with van der Waals surface area (Å²) >= 11 is 0. The van der Waals surface area contributed by atoms with Crippen LogP contribution in [0.2, 0.25) is 0 Å². The Bertz CT molecular complexity index is 518. The van der Waals surface area contributed by atoms with Crippen molar-refractivity contribution in [1.29, 1.82) is 0 Å². The van der Waals surface area contributed by atoms with Crippen LogP contribution in [0.25, 0.3) is 5.69 Å². The van der Waals surface area contributed by atoms with E-state index in [-0.39, 0.29) is 0 Å². The van der Waals surface area contributed by atoms with Crippen LogP contribution in [-0.4, -0.2) is 46.3 Å². The van der Waals surface area contributed by atoms with Crippen LogP contribution in [0.15, 0.2) is 36.9 Å². The second kappa shape index (κ2) is 7.33. The van der Waals surface area contributed by atoms with Gasteiger partial charge in [-0.15, -0.1) is 0 Å². The lowest BCUT2D eigenvalue weighted by molar-refractivity contribution is 0.354. The summed E-state index contributed by atoms with van der Waals surface area (Å²) in [5.41, 5.74) is 2.32. The van der Waals surface area contributed by atoms with Crippen LogP contribution in [0.4, 0.5) is 0 Å². The Hall–Kier alpha value is -1.72. The minimum Gasteiger partial charge on any atom is -0.309 e. The van der Waals surface area contributed by atoms with Crippen molar-refractivity contribution in [3.8, 4) is 5.69 Å². The van der Waals surface area contributed by atoms with Gasteiger partial charge in [-0.1, -0.05) is 12.1 Å². The molecule has 2 rings (SSSR count). The molecule has 1 aromatic carbocycles. The molecule has 1 N–H and O–H groups in total. The Morgan fingerprint density at radius 3 is 2.48 bits per heavy atom. The smallest absolute Gasteiger partial charge is 0.138 e. The maximum atomic E-state index is 4.14. The molecule has 0 saturated carbocycles. The molecule has 0 unspecified atom stereocenters. The summed E-state index contributed by atoms with van der Waals surface area (Å²) in [5, 5.41) is 7.78. The zero-order valence-electron chi connectivity index (χ0n) is 13.3. The minimum absolute atomic E-state index is 0.340. The van der Waals surface area contributed by atoms with Crippen molar-refractivity contribution in [2.24, 2.45) is 0 Å². The molecule has 0 aliphatic heterocycles. The van der Waals surface area contributed by atoms with Gasteiger partial charge in [0, 0.05) is 12.1 Å². The number of aromatic nitrogens is 3. The Balaban J connectivity index is 1.92. The van der Waals surface area contributed by atoms with E-state index in [0.29, 0.717) is 12.1 Å². The number of nitrogens with one attached hydrogen (secondary N) is 1. The average molecular weight is 287 g/mol. The molecule has 0 radical (unpaired) electrons. The van der Waals surface area contributed by atoms with Gasteiger partial charge in [0.05, 0.1) is 5.69 Å². The first-order chi connectivity index (χ1) is 10.1. The molecule has 5 nitrogen and oxygen atoms in total. The van der Waals surface area contributed by atoms with Gasteiger partial charge in [-0.2, -0.15) is 5.10 Å². The summed E-state index contributed by atoms with van der Waals surface area (Å²) in [4.78, 5) is 6.18. The van der Waals surface area contributed by atoms with Crippen molar-refractivity contribution >= 4 is 0 Å². The van der Waals surface area contributed by atoms with E-state index >= 15 is 0 Å². The van der Waals surface area contributed by atoms with Crippen LogP contribution in [-0.2, 0) is 0 Å². The van der Waals surface area contributed by atoms with Crippen LogP contribution in [0.1, 0.15) is 31.9 Å². The van der Waals surface area contributed by atoms with E-state index in [1.54, 1.807) is 17.3 Å². The van der Waals surface area contributed by atoms with Gasteiger partial charge in [-0.25, -0.2) is 9.67 Å². The number of hydrogen-bond acceptors (Lipinski definition) is 4. The molecule has 2 aromatic rings. The fraction of sp³-hybridized carbons (Fsp3) is 0.500. The quantitative estimate of drug-likeness (QED) is 0.848. The topological polar surface area (TPSA) is 46.0 Å². The van der Waals surface area contributed by atoms with E-state index in [1.807, 2.05) is 0 Å². The third kappa shape index (κ3) is 4.65. The molecule has 5 heteroatoms. The fourth-order valence-electron chi connectivity index (χ4n) is 2.32. The van der Waals surface area contributed by atoms with Crippen molar-refractivity contribution < 1.29 is 0 Å². The van der Waals surface area contributed by atoms with Crippen molar-refractivity contribution in [2.45, 2.75) is 32.4 Å². The van der Waals surface area contributed by atoms with Gasteiger partial charge in [-0.3, -0.25) is 0 Å². The lowest BCUT2D eigenvalue weighted by Gasteiger charge is -2.22. The fourth-order valence-corrected chi connectivity index (χ4v) is 2.32. The highest BCUT2D eigenvalue weighted by Crippen LogP contribution is 2.16. The normalized spacial score (nSPS) is 14.3. The van der Waals surface area contributed by atoms with Gasteiger partial charge in [0.1, 0.15) is 12.7 Å². The van der Waals surface area contributed by atoms with E-state index < -0.39 is 0 Å². The highest BCUT2D eigenvalue weighted by atomic mass is 15.3. The summed E-state index contributed by atoms with van der Waals surface area (Å²) in [5.74, 6) is 0. The van der Waals surface area contributed by atoms with Crippen molar-refractivity contribution in [3.05, 3.63) is 42.5 Å². The lowest BCUT2D eigenvalue weighted by atomic mass is 10.1. The predicted molar refractivity (Wildman–Crippen MR) is 85.5 cm³/mol. The molecule has 0 amide bonds. The molecule has 0 aliphatic rings. The second-order valence-electron chi connectivity index (χ2n) is 5.81.